The molecule has 160 valence electrons. The van der Waals surface area contributed by atoms with E-state index in [9.17, 15) is 41.1 Å². The van der Waals surface area contributed by atoms with E-state index < -0.39 is 75.0 Å². The molecule has 2 aromatic carbocycles. The number of hydrogen-bond donors (Lipinski definition) is 0. The molecule has 0 unspecified atom stereocenters. The van der Waals surface area contributed by atoms with Gasteiger partial charge < -0.3 is 9.47 Å². The summed E-state index contributed by atoms with van der Waals surface area (Å²) < 4.78 is 94.5. The smallest absolute Gasteiger partial charge is 0.386 e. The third-order valence-electron chi connectivity index (χ3n) is 4.88. The average molecular weight is 444 g/mol. The maximum atomic E-state index is 16.3. The van der Waals surface area contributed by atoms with E-state index in [2.05, 4.69) is 9.47 Å². The molecule has 4 rings (SSSR count). The Morgan fingerprint density at radius 1 is 0.581 bits per heavy atom. The van der Waals surface area contributed by atoms with Crippen LogP contribution in [0.5, 0.6) is 0 Å². The van der Waals surface area contributed by atoms with Crippen molar-refractivity contribution < 1.29 is 55.0 Å². The van der Waals surface area contributed by atoms with Crippen molar-refractivity contribution in [2.45, 2.75) is 17.8 Å². The normalized spacial score (nSPS) is 16.2. The van der Waals surface area contributed by atoms with Gasteiger partial charge in [-0.1, -0.05) is 24.3 Å². The molecule has 0 N–H and O–H groups in total. The van der Waals surface area contributed by atoms with Crippen LogP contribution in [0.4, 0.5) is 26.3 Å². The Bertz CT molecular complexity index is 1120. The van der Waals surface area contributed by atoms with Gasteiger partial charge in [0.15, 0.2) is 0 Å². The molecule has 2 aromatic rings. The Morgan fingerprint density at radius 3 is 1.32 bits per heavy atom. The van der Waals surface area contributed by atoms with Crippen molar-refractivity contribution in [2.75, 3.05) is 0 Å². The second-order valence-electron chi connectivity index (χ2n) is 6.54. The van der Waals surface area contributed by atoms with E-state index in [1.54, 1.807) is 0 Å². The third-order valence-corrected chi connectivity index (χ3v) is 4.88. The number of halogens is 6. The zero-order chi connectivity index (χ0) is 22.9. The van der Waals surface area contributed by atoms with Crippen LogP contribution in [0, 0.1) is 0 Å². The van der Waals surface area contributed by atoms with Crippen molar-refractivity contribution in [2.24, 2.45) is 0 Å². The molecule has 2 aliphatic heterocycles. The second kappa shape index (κ2) is 6.15. The van der Waals surface area contributed by atoms with Crippen LogP contribution in [0.3, 0.4) is 0 Å². The van der Waals surface area contributed by atoms with Crippen LogP contribution in [0.25, 0.3) is 0 Å². The Morgan fingerprint density at radius 2 is 0.968 bits per heavy atom. The molecular weight excluding hydrogens is 438 g/mol. The third kappa shape index (κ3) is 2.53. The zero-order valence-electron chi connectivity index (χ0n) is 14.7. The monoisotopic (exact) mass is 444 g/mol. The zero-order valence-corrected chi connectivity index (χ0v) is 14.7. The van der Waals surface area contributed by atoms with Gasteiger partial charge in [-0.25, -0.2) is 23.6 Å². The summed E-state index contributed by atoms with van der Waals surface area (Å²) in [5, 5.41) is 0. The van der Waals surface area contributed by atoms with Gasteiger partial charge in [0.1, 0.15) is 0 Å². The summed E-state index contributed by atoms with van der Waals surface area (Å²) in [6.07, 6.45) is -6.52. The number of esters is 4. The average Bonchev–Trinajstić information content (AvgIpc) is 3.15. The lowest BCUT2D eigenvalue weighted by Crippen LogP contribution is -2.54. The Hall–Kier alpha value is -3.70. The summed E-state index contributed by atoms with van der Waals surface area (Å²) in [6, 6.07) is 4.12. The predicted octanol–water partition coefficient (Wildman–Crippen LogP) is 3.72. The number of alkyl halides is 6. The summed E-state index contributed by atoms with van der Waals surface area (Å²) >= 11 is 0. The van der Waals surface area contributed by atoms with Crippen LogP contribution >= 0.6 is 0 Å². The lowest BCUT2D eigenvalue weighted by molar-refractivity contribution is -0.323. The number of carbonyl (C=O) groups excluding carboxylic acids is 4. The molecular formula is C19H6F6O6. The number of carbonyl (C=O) groups is 4. The van der Waals surface area contributed by atoms with E-state index >= 15 is 4.39 Å². The molecule has 0 saturated carbocycles. The predicted molar refractivity (Wildman–Crippen MR) is 85.3 cm³/mol. The van der Waals surface area contributed by atoms with E-state index in [1.807, 2.05) is 0 Å². The van der Waals surface area contributed by atoms with Crippen molar-refractivity contribution in [3.63, 3.8) is 0 Å². The van der Waals surface area contributed by atoms with Gasteiger partial charge in [-0.3, -0.25) is 0 Å². The fraction of sp³-hybridized carbons (Fsp3) is 0.158. The number of fused-ring (bicyclic) bond motifs is 2. The highest BCUT2D eigenvalue weighted by Crippen LogP contribution is 2.56. The summed E-state index contributed by atoms with van der Waals surface area (Å²) in [4.78, 5) is 47.5. The number of benzene rings is 2. The minimum Gasteiger partial charge on any atom is -0.386 e. The van der Waals surface area contributed by atoms with Gasteiger partial charge in [0.2, 0.25) is 5.67 Å². The standard InChI is InChI=1S/C19H6F6O6/c20-17(18(21,22)19(23,24)25,9-5-1-3-7-11(9)15(28)30-13(7)26)10-6-2-4-8-12(10)16(29)31-14(8)27/h1-6H. The molecule has 0 radical (unpaired) electrons. The molecule has 0 aliphatic carbocycles. The second-order valence-corrected chi connectivity index (χ2v) is 6.54. The highest BCUT2D eigenvalue weighted by molar-refractivity contribution is 6.17. The maximum absolute atomic E-state index is 16.3. The van der Waals surface area contributed by atoms with Gasteiger partial charge in [-0.05, 0) is 12.1 Å². The lowest BCUT2D eigenvalue weighted by Gasteiger charge is -2.36. The lowest BCUT2D eigenvalue weighted by atomic mass is 9.76. The van der Waals surface area contributed by atoms with Crippen molar-refractivity contribution >= 4 is 23.9 Å². The Labute approximate surface area is 167 Å². The van der Waals surface area contributed by atoms with Crippen LogP contribution in [0.2, 0.25) is 0 Å². The SMILES string of the molecule is O=C1OC(=O)c2c1cccc2C(F)(c1cccc2c1C(=O)OC2=O)C(F)(F)C(F)(F)F. The van der Waals surface area contributed by atoms with Crippen molar-refractivity contribution in [1.82, 2.24) is 0 Å². The molecule has 31 heavy (non-hydrogen) atoms. The van der Waals surface area contributed by atoms with Gasteiger partial charge in [0, 0.05) is 11.1 Å². The van der Waals surface area contributed by atoms with Crippen LogP contribution in [0.15, 0.2) is 36.4 Å². The van der Waals surface area contributed by atoms with Crippen molar-refractivity contribution in [3.8, 4) is 0 Å². The number of hydrogen-bond acceptors (Lipinski definition) is 6. The van der Waals surface area contributed by atoms with Crippen LogP contribution < -0.4 is 0 Å². The minimum absolute atomic E-state index is 0.430. The molecule has 0 fully saturated rings. The molecule has 2 heterocycles. The van der Waals surface area contributed by atoms with Crippen LogP contribution in [-0.2, 0) is 15.1 Å². The Balaban J connectivity index is 2.15. The van der Waals surface area contributed by atoms with Crippen LogP contribution in [0.1, 0.15) is 52.6 Å². The van der Waals surface area contributed by atoms with E-state index in [4.69, 9.17) is 0 Å². The molecule has 6 nitrogen and oxygen atoms in total. The number of cyclic esters (lactones) is 4. The summed E-state index contributed by atoms with van der Waals surface area (Å²) in [5.74, 6) is -12.3. The molecule has 0 amide bonds. The van der Waals surface area contributed by atoms with Crippen LogP contribution in [-0.4, -0.2) is 36.0 Å². The number of ether oxygens (including phenoxy) is 2. The van der Waals surface area contributed by atoms with Crippen molar-refractivity contribution in [3.05, 3.63) is 69.8 Å². The summed E-state index contributed by atoms with van der Waals surface area (Å²) in [7, 11) is 0. The molecule has 0 atom stereocenters. The van der Waals surface area contributed by atoms with Crippen molar-refractivity contribution in [1.29, 1.82) is 0 Å². The summed E-state index contributed by atoms with van der Waals surface area (Å²) in [6.45, 7) is 0. The van der Waals surface area contributed by atoms with E-state index in [1.165, 1.54) is 0 Å². The molecule has 0 saturated heterocycles. The highest BCUT2D eigenvalue weighted by Gasteiger charge is 2.74. The maximum Gasteiger partial charge on any atom is 0.457 e. The van der Waals surface area contributed by atoms with Gasteiger partial charge in [-0.2, -0.15) is 22.0 Å². The topological polar surface area (TPSA) is 86.7 Å². The largest absolute Gasteiger partial charge is 0.457 e. The molecule has 0 aromatic heterocycles. The van der Waals surface area contributed by atoms with Gasteiger partial charge in [0.05, 0.1) is 22.3 Å². The summed E-state index contributed by atoms with van der Waals surface area (Å²) in [5.41, 5.74) is -11.9. The first kappa shape index (κ1) is 20.6. The number of rotatable bonds is 3. The van der Waals surface area contributed by atoms with E-state index in [0.717, 1.165) is 24.3 Å². The van der Waals surface area contributed by atoms with E-state index in [-0.39, 0.29) is 0 Å². The van der Waals surface area contributed by atoms with Gasteiger partial charge in [0.25, 0.3) is 0 Å². The first-order valence-electron chi connectivity index (χ1n) is 8.25. The fourth-order valence-electron chi connectivity index (χ4n) is 3.52. The van der Waals surface area contributed by atoms with Gasteiger partial charge in [-0.15, -0.1) is 0 Å². The first-order chi connectivity index (χ1) is 14.3. The van der Waals surface area contributed by atoms with Gasteiger partial charge >= 0.3 is 36.0 Å². The minimum atomic E-state index is -6.52. The quantitative estimate of drug-likeness (QED) is 0.408. The van der Waals surface area contributed by atoms with E-state index in [0.29, 0.717) is 12.1 Å². The Kier molecular flexibility index (Phi) is 4.08. The first-order valence-corrected chi connectivity index (χ1v) is 8.25. The molecule has 2 aliphatic rings. The molecule has 0 bridgehead atoms. The highest BCUT2D eigenvalue weighted by atomic mass is 19.4. The fourth-order valence-corrected chi connectivity index (χ4v) is 3.52. The molecule has 0 spiro atoms. The molecule has 12 heteroatoms.